The summed E-state index contributed by atoms with van der Waals surface area (Å²) >= 11 is 0. The third kappa shape index (κ3) is 13.9. The van der Waals surface area contributed by atoms with Gasteiger partial charge in [0.15, 0.2) is 0 Å². The van der Waals surface area contributed by atoms with E-state index in [1.807, 2.05) is 6.92 Å². The molecule has 0 aromatic rings. The number of unbranched alkanes of at least 4 members (excludes halogenated alkanes) is 7. The fourth-order valence-electron chi connectivity index (χ4n) is 2.34. The van der Waals surface area contributed by atoms with Crippen molar-refractivity contribution in [2.45, 2.75) is 91.4 Å². The lowest BCUT2D eigenvalue weighted by Crippen LogP contribution is -2.24. The molecule has 0 fully saturated rings. The molecule has 0 unspecified atom stereocenters. The normalized spacial score (nSPS) is 12.1. The highest BCUT2D eigenvalue weighted by Gasteiger charge is 2.06. The monoisotopic (exact) mass is 297 g/mol. The molecule has 1 amide bonds. The highest BCUT2D eigenvalue weighted by Crippen LogP contribution is 2.09. The number of hydrogen-bond acceptors (Lipinski definition) is 2. The van der Waals surface area contributed by atoms with Crippen molar-refractivity contribution >= 4 is 11.7 Å². The van der Waals surface area contributed by atoms with Crippen LogP contribution in [0.4, 0.5) is 0 Å². The predicted octanol–water partition coefficient (Wildman–Crippen LogP) is 4.64. The van der Waals surface area contributed by atoms with Crippen LogP contribution in [0.25, 0.3) is 0 Å². The third-order valence-electron chi connectivity index (χ3n) is 4.09. The summed E-state index contributed by atoms with van der Waals surface area (Å²) in [5, 5.41) is 2.97. The smallest absolute Gasteiger partial charge is 0.219 e. The second-order valence-electron chi connectivity index (χ2n) is 6.23. The molecule has 124 valence electrons. The molecule has 0 radical (unpaired) electrons. The van der Waals surface area contributed by atoms with Gasteiger partial charge in [-0.2, -0.15) is 0 Å². The summed E-state index contributed by atoms with van der Waals surface area (Å²) in [5.41, 5.74) is 0. The maximum absolute atomic E-state index is 11.6. The van der Waals surface area contributed by atoms with E-state index in [0.717, 1.165) is 32.2 Å². The lowest BCUT2D eigenvalue weighted by Gasteiger charge is -2.08. The average molecular weight is 297 g/mol. The number of rotatable bonds is 14. The Kier molecular flexibility index (Phi) is 13.5. The highest BCUT2D eigenvalue weighted by molar-refractivity contribution is 5.77. The first-order chi connectivity index (χ1) is 10.1. The van der Waals surface area contributed by atoms with Crippen molar-refractivity contribution in [2.75, 3.05) is 6.54 Å². The van der Waals surface area contributed by atoms with Gasteiger partial charge >= 0.3 is 0 Å². The van der Waals surface area contributed by atoms with Crippen molar-refractivity contribution in [3.63, 3.8) is 0 Å². The quantitative estimate of drug-likeness (QED) is 0.475. The Balaban J connectivity index is 3.29. The van der Waals surface area contributed by atoms with Crippen LogP contribution in [0.3, 0.4) is 0 Å². The first-order valence-electron chi connectivity index (χ1n) is 8.85. The molecule has 0 aromatic heterocycles. The summed E-state index contributed by atoms with van der Waals surface area (Å²) in [6, 6.07) is 0. The lowest BCUT2D eigenvalue weighted by atomic mass is 10.0. The fourth-order valence-corrected chi connectivity index (χ4v) is 2.34. The summed E-state index contributed by atoms with van der Waals surface area (Å²) < 4.78 is 0. The van der Waals surface area contributed by atoms with Crippen LogP contribution >= 0.6 is 0 Å². The SMILES string of the molecule is CCCCCCCCCC(=O)NCCCC[C@H](C)C(C)=O. The lowest BCUT2D eigenvalue weighted by molar-refractivity contribution is -0.122. The average Bonchev–Trinajstić information content (AvgIpc) is 2.45. The topological polar surface area (TPSA) is 46.2 Å². The van der Waals surface area contributed by atoms with Gasteiger partial charge < -0.3 is 5.32 Å². The molecule has 0 saturated heterocycles. The summed E-state index contributed by atoms with van der Waals surface area (Å²) in [5.74, 6) is 0.606. The molecule has 0 aromatic carbocycles. The molecule has 0 bridgehead atoms. The first kappa shape index (κ1) is 20.1. The van der Waals surface area contributed by atoms with E-state index in [4.69, 9.17) is 0 Å². The number of Topliss-reactive ketones (excluding diaryl/α,β-unsaturated/α-hetero) is 1. The van der Waals surface area contributed by atoms with E-state index < -0.39 is 0 Å². The molecule has 0 aliphatic carbocycles. The van der Waals surface area contributed by atoms with E-state index in [1.54, 1.807) is 6.92 Å². The van der Waals surface area contributed by atoms with Gasteiger partial charge in [-0.25, -0.2) is 0 Å². The Labute approximate surface area is 131 Å². The zero-order chi connectivity index (χ0) is 15.9. The van der Waals surface area contributed by atoms with Crippen molar-refractivity contribution in [3.05, 3.63) is 0 Å². The second kappa shape index (κ2) is 14.1. The number of carbonyl (C=O) groups excluding carboxylic acids is 2. The summed E-state index contributed by atoms with van der Waals surface area (Å²) in [6.45, 7) is 6.60. The fraction of sp³-hybridized carbons (Fsp3) is 0.889. The Hall–Kier alpha value is -0.860. The van der Waals surface area contributed by atoms with Gasteiger partial charge in [0.2, 0.25) is 5.91 Å². The van der Waals surface area contributed by atoms with Crippen LogP contribution in [-0.2, 0) is 9.59 Å². The van der Waals surface area contributed by atoms with E-state index >= 15 is 0 Å². The second-order valence-corrected chi connectivity index (χ2v) is 6.23. The van der Waals surface area contributed by atoms with E-state index in [1.165, 1.54) is 38.5 Å². The van der Waals surface area contributed by atoms with Crippen molar-refractivity contribution in [1.82, 2.24) is 5.32 Å². The van der Waals surface area contributed by atoms with E-state index in [0.29, 0.717) is 6.42 Å². The van der Waals surface area contributed by atoms with Crippen LogP contribution < -0.4 is 5.32 Å². The zero-order valence-corrected chi connectivity index (χ0v) is 14.4. The van der Waals surface area contributed by atoms with Gasteiger partial charge in [-0.1, -0.05) is 58.8 Å². The van der Waals surface area contributed by atoms with Crippen molar-refractivity contribution in [3.8, 4) is 0 Å². The van der Waals surface area contributed by atoms with Crippen molar-refractivity contribution < 1.29 is 9.59 Å². The minimum Gasteiger partial charge on any atom is -0.356 e. The molecule has 21 heavy (non-hydrogen) atoms. The molecule has 3 nitrogen and oxygen atoms in total. The molecule has 0 saturated carbocycles. The van der Waals surface area contributed by atoms with Gasteiger partial charge in [-0.05, 0) is 26.2 Å². The Morgan fingerprint density at radius 3 is 2.14 bits per heavy atom. The number of ketones is 1. The minimum absolute atomic E-state index is 0.161. The van der Waals surface area contributed by atoms with Gasteiger partial charge in [-0.3, -0.25) is 9.59 Å². The Bertz CT molecular complexity index is 276. The predicted molar refractivity (Wildman–Crippen MR) is 89.3 cm³/mol. The van der Waals surface area contributed by atoms with E-state index in [9.17, 15) is 9.59 Å². The molecule has 1 atom stereocenters. The Morgan fingerprint density at radius 1 is 0.905 bits per heavy atom. The highest BCUT2D eigenvalue weighted by atomic mass is 16.1. The maximum Gasteiger partial charge on any atom is 0.219 e. The number of hydrogen-bond donors (Lipinski definition) is 1. The maximum atomic E-state index is 11.6. The number of amides is 1. The van der Waals surface area contributed by atoms with E-state index in [2.05, 4.69) is 12.2 Å². The van der Waals surface area contributed by atoms with Crippen LogP contribution in [0, 0.1) is 5.92 Å². The van der Waals surface area contributed by atoms with Gasteiger partial charge in [0.1, 0.15) is 5.78 Å². The zero-order valence-electron chi connectivity index (χ0n) is 14.4. The van der Waals surface area contributed by atoms with Gasteiger partial charge in [0, 0.05) is 18.9 Å². The van der Waals surface area contributed by atoms with Gasteiger partial charge in [0.25, 0.3) is 0 Å². The van der Waals surface area contributed by atoms with Crippen LogP contribution in [0.15, 0.2) is 0 Å². The molecule has 1 N–H and O–H groups in total. The summed E-state index contributed by atoms with van der Waals surface area (Å²) in [4.78, 5) is 22.7. The Morgan fingerprint density at radius 2 is 1.52 bits per heavy atom. The van der Waals surface area contributed by atoms with E-state index in [-0.39, 0.29) is 17.6 Å². The molecular weight excluding hydrogens is 262 g/mol. The third-order valence-corrected chi connectivity index (χ3v) is 4.09. The number of carbonyl (C=O) groups is 2. The summed E-state index contributed by atoms with van der Waals surface area (Å²) in [6.07, 6.45) is 12.3. The van der Waals surface area contributed by atoms with Crippen LogP contribution in [0.1, 0.15) is 91.4 Å². The molecule has 0 rings (SSSR count). The standard InChI is InChI=1S/C18H35NO2/c1-4-5-6-7-8-9-10-14-18(21)19-15-12-11-13-16(2)17(3)20/h16H,4-15H2,1-3H3,(H,19,21)/t16-/m0/s1. The molecule has 0 aliphatic rings. The molecule has 3 heteroatoms. The van der Waals surface area contributed by atoms with Crippen LogP contribution in [-0.4, -0.2) is 18.2 Å². The van der Waals surface area contributed by atoms with Crippen LogP contribution in [0.2, 0.25) is 0 Å². The largest absolute Gasteiger partial charge is 0.356 e. The molecule has 0 heterocycles. The molecule has 0 spiro atoms. The summed E-state index contributed by atoms with van der Waals surface area (Å²) in [7, 11) is 0. The van der Waals surface area contributed by atoms with Gasteiger partial charge in [0.05, 0.1) is 0 Å². The first-order valence-corrected chi connectivity index (χ1v) is 8.85. The number of nitrogens with one attached hydrogen (secondary N) is 1. The van der Waals surface area contributed by atoms with Crippen molar-refractivity contribution in [1.29, 1.82) is 0 Å². The molecular formula is C18H35NO2. The van der Waals surface area contributed by atoms with Crippen LogP contribution in [0.5, 0.6) is 0 Å². The molecule has 0 aliphatic heterocycles. The van der Waals surface area contributed by atoms with Crippen molar-refractivity contribution in [2.24, 2.45) is 5.92 Å². The van der Waals surface area contributed by atoms with Gasteiger partial charge in [-0.15, -0.1) is 0 Å². The minimum atomic E-state index is 0.161.